The summed E-state index contributed by atoms with van der Waals surface area (Å²) >= 11 is 0. The van der Waals surface area contributed by atoms with E-state index in [2.05, 4.69) is 65.8 Å². The van der Waals surface area contributed by atoms with Gasteiger partial charge in [-0.3, -0.25) is 0 Å². The number of benzene rings is 2. The second-order valence-electron chi connectivity index (χ2n) is 7.63. The molecule has 0 spiro atoms. The van der Waals surface area contributed by atoms with E-state index in [-0.39, 0.29) is 0 Å². The summed E-state index contributed by atoms with van der Waals surface area (Å²) in [6.07, 6.45) is 6.00. The third kappa shape index (κ3) is 4.32. The average molecular weight is 413 g/mol. The van der Waals surface area contributed by atoms with Crippen LogP contribution < -0.4 is 15.6 Å². The van der Waals surface area contributed by atoms with Crippen LogP contribution in [0, 0.1) is 6.92 Å². The van der Waals surface area contributed by atoms with Crippen molar-refractivity contribution in [1.29, 1.82) is 0 Å². The fourth-order valence-corrected chi connectivity index (χ4v) is 3.66. The van der Waals surface area contributed by atoms with Crippen LogP contribution in [0.4, 0.5) is 23.5 Å². The molecule has 4 aromatic rings. The van der Waals surface area contributed by atoms with Gasteiger partial charge in [-0.25, -0.2) is 5.43 Å². The van der Waals surface area contributed by atoms with E-state index in [0.717, 1.165) is 48.1 Å². The molecule has 0 amide bonds. The molecule has 0 aliphatic carbocycles. The minimum absolute atomic E-state index is 0.405. The van der Waals surface area contributed by atoms with Crippen LogP contribution in [0.25, 0.3) is 10.9 Å². The highest BCUT2D eigenvalue weighted by atomic mass is 15.4. The molecule has 0 radical (unpaired) electrons. The molecule has 2 aromatic heterocycles. The minimum atomic E-state index is 0.405. The maximum atomic E-state index is 4.63. The smallest absolute Gasteiger partial charge is 0.250 e. The molecule has 0 saturated carbocycles. The number of H-pyrrole nitrogens is 1. The SMILES string of the molecule is Cc1ccc(Nc2nc(N/N=C/c3c[nH]c4ccccc34)nc(N3CCCC3)n2)cc1. The summed E-state index contributed by atoms with van der Waals surface area (Å²) in [5.41, 5.74) is 7.17. The number of fused-ring (bicyclic) bond motifs is 1. The Morgan fingerprint density at radius 3 is 2.58 bits per heavy atom. The zero-order valence-corrected chi connectivity index (χ0v) is 17.3. The summed E-state index contributed by atoms with van der Waals surface area (Å²) in [5.74, 6) is 1.56. The molecular weight excluding hydrogens is 388 g/mol. The van der Waals surface area contributed by atoms with Gasteiger partial charge in [0.2, 0.25) is 17.8 Å². The van der Waals surface area contributed by atoms with Crippen molar-refractivity contribution in [2.45, 2.75) is 19.8 Å². The Morgan fingerprint density at radius 1 is 0.968 bits per heavy atom. The number of aromatic amines is 1. The van der Waals surface area contributed by atoms with E-state index in [0.29, 0.717) is 17.8 Å². The molecule has 8 nitrogen and oxygen atoms in total. The van der Waals surface area contributed by atoms with Crippen LogP contribution in [0.3, 0.4) is 0 Å². The fourth-order valence-electron chi connectivity index (χ4n) is 3.66. The van der Waals surface area contributed by atoms with E-state index in [4.69, 9.17) is 0 Å². The first kappa shape index (κ1) is 19.0. The molecule has 2 aromatic carbocycles. The van der Waals surface area contributed by atoms with E-state index in [1.54, 1.807) is 6.21 Å². The Hall–Kier alpha value is -3.94. The van der Waals surface area contributed by atoms with Crippen molar-refractivity contribution >= 4 is 40.6 Å². The van der Waals surface area contributed by atoms with E-state index in [1.807, 2.05) is 36.5 Å². The van der Waals surface area contributed by atoms with E-state index < -0.39 is 0 Å². The molecule has 156 valence electrons. The van der Waals surface area contributed by atoms with Crippen LogP contribution in [0.15, 0.2) is 59.8 Å². The Labute approximate surface area is 180 Å². The molecule has 0 unspecified atom stereocenters. The molecule has 0 atom stereocenters. The quantitative estimate of drug-likeness (QED) is 0.320. The molecule has 8 heteroatoms. The average Bonchev–Trinajstić information content (AvgIpc) is 3.46. The normalized spacial score (nSPS) is 13.9. The number of rotatable bonds is 6. The third-order valence-corrected chi connectivity index (χ3v) is 5.31. The molecule has 1 aliphatic heterocycles. The van der Waals surface area contributed by atoms with E-state index in [1.165, 1.54) is 5.56 Å². The second-order valence-corrected chi connectivity index (χ2v) is 7.63. The van der Waals surface area contributed by atoms with Gasteiger partial charge >= 0.3 is 0 Å². The largest absolute Gasteiger partial charge is 0.361 e. The number of para-hydroxylation sites is 1. The summed E-state index contributed by atoms with van der Waals surface area (Å²) in [4.78, 5) is 19.1. The lowest BCUT2D eigenvalue weighted by molar-refractivity contribution is 0.883. The van der Waals surface area contributed by atoms with Crippen molar-refractivity contribution in [1.82, 2.24) is 19.9 Å². The van der Waals surface area contributed by atoms with Gasteiger partial charge in [0.15, 0.2) is 0 Å². The maximum Gasteiger partial charge on any atom is 0.250 e. The van der Waals surface area contributed by atoms with Crippen LogP contribution in [-0.2, 0) is 0 Å². The van der Waals surface area contributed by atoms with Crippen molar-refractivity contribution in [2.75, 3.05) is 28.7 Å². The van der Waals surface area contributed by atoms with Crippen LogP contribution in [0.5, 0.6) is 0 Å². The Balaban J connectivity index is 1.39. The van der Waals surface area contributed by atoms with Gasteiger partial charge in [0.25, 0.3) is 0 Å². The molecule has 3 N–H and O–H groups in total. The van der Waals surface area contributed by atoms with Gasteiger partial charge < -0.3 is 15.2 Å². The van der Waals surface area contributed by atoms with Crippen molar-refractivity contribution in [3.63, 3.8) is 0 Å². The number of aryl methyl sites for hydroxylation is 1. The Bertz CT molecular complexity index is 1210. The third-order valence-electron chi connectivity index (χ3n) is 5.31. The first-order valence-electron chi connectivity index (χ1n) is 10.4. The summed E-state index contributed by atoms with van der Waals surface area (Å²) in [6, 6.07) is 16.2. The zero-order valence-electron chi connectivity index (χ0n) is 17.3. The van der Waals surface area contributed by atoms with Crippen molar-refractivity contribution < 1.29 is 0 Å². The topological polar surface area (TPSA) is 94.1 Å². The van der Waals surface area contributed by atoms with Gasteiger partial charge in [0, 0.05) is 41.4 Å². The highest BCUT2D eigenvalue weighted by Gasteiger charge is 2.17. The van der Waals surface area contributed by atoms with Crippen molar-refractivity contribution in [2.24, 2.45) is 5.10 Å². The minimum Gasteiger partial charge on any atom is -0.361 e. The highest BCUT2D eigenvalue weighted by molar-refractivity contribution is 5.99. The highest BCUT2D eigenvalue weighted by Crippen LogP contribution is 2.21. The fraction of sp³-hybridized carbons (Fsp3) is 0.217. The number of anilines is 4. The summed E-state index contributed by atoms with van der Waals surface area (Å²) in [6.45, 7) is 3.96. The van der Waals surface area contributed by atoms with Crippen LogP contribution >= 0.6 is 0 Å². The maximum absolute atomic E-state index is 4.63. The monoisotopic (exact) mass is 412 g/mol. The number of hydrogen-bond acceptors (Lipinski definition) is 7. The van der Waals surface area contributed by atoms with Gasteiger partial charge in [-0.1, -0.05) is 35.9 Å². The van der Waals surface area contributed by atoms with Gasteiger partial charge in [-0.15, -0.1) is 0 Å². The molecule has 1 aliphatic rings. The van der Waals surface area contributed by atoms with Gasteiger partial charge in [0.05, 0.1) is 6.21 Å². The second kappa shape index (κ2) is 8.43. The van der Waals surface area contributed by atoms with Gasteiger partial charge in [-0.2, -0.15) is 20.1 Å². The number of hydrogen-bond donors (Lipinski definition) is 3. The van der Waals surface area contributed by atoms with Crippen molar-refractivity contribution in [3.8, 4) is 0 Å². The van der Waals surface area contributed by atoms with Crippen LogP contribution in [-0.4, -0.2) is 39.2 Å². The van der Waals surface area contributed by atoms with Crippen LogP contribution in [0.2, 0.25) is 0 Å². The van der Waals surface area contributed by atoms with Gasteiger partial charge in [0.1, 0.15) is 0 Å². The lowest BCUT2D eigenvalue weighted by Crippen LogP contribution is -2.21. The summed E-state index contributed by atoms with van der Waals surface area (Å²) in [7, 11) is 0. The van der Waals surface area contributed by atoms with E-state index >= 15 is 0 Å². The first-order chi connectivity index (χ1) is 15.2. The molecule has 5 rings (SSSR count). The lowest BCUT2D eigenvalue weighted by Gasteiger charge is -2.16. The molecule has 1 saturated heterocycles. The molecule has 3 heterocycles. The number of hydrazone groups is 1. The number of aromatic nitrogens is 4. The van der Waals surface area contributed by atoms with Crippen molar-refractivity contribution in [3.05, 3.63) is 65.9 Å². The number of nitrogens with one attached hydrogen (secondary N) is 3. The first-order valence-corrected chi connectivity index (χ1v) is 10.4. The van der Waals surface area contributed by atoms with Gasteiger partial charge in [-0.05, 0) is 38.0 Å². The molecule has 1 fully saturated rings. The Kier molecular flexibility index (Phi) is 5.18. The van der Waals surface area contributed by atoms with Crippen LogP contribution in [0.1, 0.15) is 24.0 Å². The van der Waals surface area contributed by atoms with E-state index in [9.17, 15) is 0 Å². The predicted octanol–water partition coefficient (Wildman–Crippen LogP) is 4.45. The molecule has 0 bridgehead atoms. The Morgan fingerprint density at radius 2 is 1.74 bits per heavy atom. The standard InChI is InChI=1S/C23H24N8/c1-16-8-10-18(11-9-16)26-21-27-22(29-23(28-21)31-12-4-5-13-31)30-25-15-17-14-24-20-7-3-2-6-19(17)20/h2-3,6-11,14-15,24H,4-5,12-13H2,1H3,(H2,26,27,28,29,30)/b25-15+. The zero-order chi connectivity index (χ0) is 21.0. The summed E-state index contributed by atoms with van der Waals surface area (Å²) < 4.78 is 0. The predicted molar refractivity (Wildman–Crippen MR) is 125 cm³/mol. The summed E-state index contributed by atoms with van der Waals surface area (Å²) in [5, 5.41) is 8.76. The lowest BCUT2D eigenvalue weighted by atomic mass is 10.2. The molecular formula is C23H24N8. The number of nitrogens with zero attached hydrogens (tertiary/aromatic N) is 5. The molecule has 31 heavy (non-hydrogen) atoms.